The summed E-state index contributed by atoms with van der Waals surface area (Å²) >= 11 is 8.66. The van der Waals surface area contributed by atoms with Crippen molar-refractivity contribution in [2.24, 2.45) is 0 Å². The minimum Gasteiger partial charge on any atom is -0.454 e. The van der Waals surface area contributed by atoms with E-state index in [1.807, 2.05) is 0 Å². The van der Waals surface area contributed by atoms with E-state index in [4.69, 9.17) is 11.6 Å². The zero-order valence-electron chi connectivity index (χ0n) is 6.68. The van der Waals surface area contributed by atoms with Gasteiger partial charge in [-0.1, -0.05) is 27.5 Å². The Morgan fingerprint density at radius 3 is 2.36 bits per heavy atom. The number of benzene rings is 1. The zero-order valence-corrected chi connectivity index (χ0v) is 9.03. The SMILES string of the molecule is FC(F)C(F)Oc1cc(Cl)cc(Br)c1. The maximum Gasteiger partial charge on any atom is 0.304 e. The summed E-state index contributed by atoms with van der Waals surface area (Å²) in [5, 5.41) is 0.274. The first-order valence-corrected chi connectivity index (χ1v) is 4.71. The fourth-order valence-electron chi connectivity index (χ4n) is 0.778. The molecule has 0 saturated carbocycles. The van der Waals surface area contributed by atoms with Crippen LogP contribution in [0.15, 0.2) is 22.7 Å². The molecule has 78 valence electrons. The molecule has 0 fully saturated rings. The average molecular weight is 289 g/mol. The molecule has 1 aromatic rings. The van der Waals surface area contributed by atoms with E-state index in [9.17, 15) is 13.2 Å². The highest BCUT2D eigenvalue weighted by molar-refractivity contribution is 9.10. The average Bonchev–Trinajstić information content (AvgIpc) is 2.01. The number of halogens is 5. The smallest absolute Gasteiger partial charge is 0.304 e. The van der Waals surface area contributed by atoms with Gasteiger partial charge in [-0.15, -0.1) is 0 Å². The van der Waals surface area contributed by atoms with Gasteiger partial charge in [0.25, 0.3) is 6.36 Å². The lowest BCUT2D eigenvalue weighted by Gasteiger charge is -2.10. The molecule has 0 saturated heterocycles. The van der Waals surface area contributed by atoms with Crippen molar-refractivity contribution in [2.75, 3.05) is 0 Å². The first-order chi connectivity index (χ1) is 6.49. The third-order valence-electron chi connectivity index (χ3n) is 1.28. The Labute approximate surface area is 91.9 Å². The standard InChI is InChI=1S/C8H5BrClF3O/c9-4-1-5(10)3-6(2-4)14-8(13)7(11)12/h1-3,7-8H. The number of rotatable bonds is 3. The third kappa shape index (κ3) is 3.38. The molecule has 0 radical (unpaired) electrons. The summed E-state index contributed by atoms with van der Waals surface area (Å²) < 4.78 is 40.8. The van der Waals surface area contributed by atoms with E-state index in [0.29, 0.717) is 4.47 Å². The highest BCUT2D eigenvalue weighted by atomic mass is 79.9. The van der Waals surface area contributed by atoms with Gasteiger partial charge in [0.2, 0.25) is 0 Å². The van der Waals surface area contributed by atoms with Crippen molar-refractivity contribution in [1.29, 1.82) is 0 Å². The second-order valence-electron chi connectivity index (χ2n) is 2.41. The molecule has 0 bridgehead atoms. The monoisotopic (exact) mass is 288 g/mol. The summed E-state index contributed by atoms with van der Waals surface area (Å²) in [7, 11) is 0. The van der Waals surface area contributed by atoms with Crippen LogP contribution in [0.2, 0.25) is 5.02 Å². The summed E-state index contributed by atoms with van der Waals surface area (Å²) in [6, 6.07) is 4.13. The molecule has 1 atom stereocenters. The maximum atomic E-state index is 12.4. The van der Waals surface area contributed by atoms with Crippen LogP contribution in [0.1, 0.15) is 0 Å². The first kappa shape index (κ1) is 11.7. The van der Waals surface area contributed by atoms with Crippen molar-refractivity contribution in [3.63, 3.8) is 0 Å². The van der Waals surface area contributed by atoms with E-state index in [1.165, 1.54) is 18.2 Å². The number of alkyl halides is 3. The summed E-state index contributed by atoms with van der Waals surface area (Å²) in [5.41, 5.74) is 0. The molecule has 1 aromatic carbocycles. The Morgan fingerprint density at radius 2 is 1.86 bits per heavy atom. The summed E-state index contributed by atoms with van der Waals surface area (Å²) in [4.78, 5) is 0. The molecular weight excluding hydrogens is 284 g/mol. The van der Waals surface area contributed by atoms with Gasteiger partial charge < -0.3 is 4.74 Å². The second-order valence-corrected chi connectivity index (χ2v) is 3.76. The topological polar surface area (TPSA) is 9.23 Å². The highest BCUT2D eigenvalue weighted by Gasteiger charge is 2.20. The molecule has 0 aliphatic carbocycles. The molecule has 0 spiro atoms. The highest BCUT2D eigenvalue weighted by Crippen LogP contribution is 2.26. The molecule has 0 N–H and O–H groups in total. The van der Waals surface area contributed by atoms with Crippen LogP contribution in [0.25, 0.3) is 0 Å². The van der Waals surface area contributed by atoms with E-state index < -0.39 is 12.8 Å². The quantitative estimate of drug-likeness (QED) is 0.816. The van der Waals surface area contributed by atoms with Gasteiger partial charge in [0.05, 0.1) is 0 Å². The van der Waals surface area contributed by atoms with Crippen molar-refractivity contribution in [1.82, 2.24) is 0 Å². The van der Waals surface area contributed by atoms with Crippen molar-refractivity contribution >= 4 is 27.5 Å². The summed E-state index contributed by atoms with van der Waals surface area (Å²) in [6.07, 6.45) is -5.81. The molecule has 0 aliphatic rings. The van der Waals surface area contributed by atoms with Crippen molar-refractivity contribution in [3.8, 4) is 5.75 Å². The van der Waals surface area contributed by atoms with Crippen molar-refractivity contribution in [2.45, 2.75) is 12.8 Å². The van der Waals surface area contributed by atoms with Crippen LogP contribution < -0.4 is 4.74 Å². The van der Waals surface area contributed by atoms with E-state index in [2.05, 4.69) is 20.7 Å². The predicted molar refractivity (Wildman–Crippen MR) is 50.7 cm³/mol. The molecule has 0 aliphatic heterocycles. The molecule has 1 unspecified atom stereocenters. The molecule has 1 rings (SSSR count). The predicted octanol–water partition coefficient (Wildman–Crippen LogP) is 4.04. The van der Waals surface area contributed by atoms with Crippen LogP contribution in [0.4, 0.5) is 13.2 Å². The normalized spacial score (nSPS) is 13.0. The van der Waals surface area contributed by atoms with Crippen LogP contribution in [-0.4, -0.2) is 12.8 Å². The van der Waals surface area contributed by atoms with Gasteiger partial charge in [-0.25, -0.2) is 8.78 Å². The van der Waals surface area contributed by atoms with Crippen LogP contribution in [0, 0.1) is 0 Å². The minimum atomic E-state index is -3.17. The van der Waals surface area contributed by atoms with Crippen LogP contribution in [-0.2, 0) is 0 Å². The fourth-order valence-corrected chi connectivity index (χ4v) is 1.61. The van der Waals surface area contributed by atoms with Crippen LogP contribution in [0.3, 0.4) is 0 Å². The largest absolute Gasteiger partial charge is 0.454 e. The Balaban J connectivity index is 2.76. The van der Waals surface area contributed by atoms with Gasteiger partial charge in [-0.3, -0.25) is 0 Å². The van der Waals surface area contributed by atoms with Gasteiger partial charge in [0, 0.05) is 9.50 Å². The molecule has 0 heterocycles. The maximum absolute atomic E-state index is 12.4. The van der Waals surface area contributed by atoms with Gasteiger partial charge in [0.15, 0.2) is 0 Å². The molecular formula is C8H5BrClF3O. The lowest BCUT2D eigenvalue weighted by atomic mass is 10.3. The zero-order chi connectivity index (χ0) is 10.7. The molecule has 0 amide bonds. The van der Waals surface area contributed by atoms with Gasteiger partial charge in [-0.2, -0.15) is 4.39 Å². The molecule has 6 heteroatoms. The summed E-state index contributed by atoms with van der Waals surface area (Å²) in [6.45, 7) is 0. The first-order valence-electron chi connectivity index (χ1n) is 3.54. The fraction of sp³-hybridized carbons (Fsp3) is 0.250. The van der Waals surface area contributed by atoms with Gasteiger partial charge in [0.1, 0.15) is 5.75 Å². The number of ether oxygens (including phenoxy) is 1. The Kier molecular flexibility index (Phi) is 4.07. The van der Waals surface area contributed by atoms with Gasteiger partial charge in [-0.05, 0) is 18.2 Å². The summed E-state index contributed by atoms with van der Waals surface area (Å²) in [5.74, 6) is -0.0443. The van der Waals surface area contributed by atoms with Crippen LogP contribution in [0.5, 0.6) is 5.75 Å². The Bertz CT molecular complexity index is 301. The lowest BCUT2D eigenvalue weighted by molar-refractivity contribution is -0.0669. The minimum absolute atomic E-state index is 0.0443. The molecule has 0 aromatic heterocycles. The number of hydrogen-bond donors (Lipinski definition) is 0. The van der Waals surface area contributed by atoms with Crippen molar-refractivity contribution in [3.05, 3.63) is 27.7 Å². The third-order valence-corrected chi connectivity index (χ3v) is 1.96. The molecule has 14 heavy (non-hydrogen) atoms. The molecule has 1 nitrogen and oxygen atoms in total. The Hall–Kier alpha value is -0.420. The second kappa shape index (κ2) is 4.89. The van der Waals surface area contributed by atoms with E-state index in [-0.39, 0.29) is 10.8 Å². The van der Waals surface area contributed by atoms with Crippen molar-refractivity contribution < 1.29 is 17.9 Å². The lowest BCUT2D eigenvalue weighted by Crippen LogP contribution is -2.19. The Morgan fingerprint density at radius 1 is 1.21 bits per heavy atom. The number of hydrogen-bond acceptors (Lipinski definition) is 1. The van der Waals surface area contributed by atoms with E-state index in [0.717, 1.165) is 0 Å². The van der Waals surface area contributed by atoms with Crippen LogP contribution >= 0.6 is 27.5 Å². The van der Waals surface area contributed by atoms with E-state index >= 15 is 0 Å². The van der Waals surface area contributed by atoms with Gasteiger partial charge >= 0.3 is 6.43 Å². The van der Waals surface area contributed by atoms with E-state index in [1.54, 1.807) is 0 Å².